The second kappa shape index (κ2) is 7.95. The molecule has 1 fully saturated rings. The van der Waals surface area contributed by atoms with E-state index >= 15 is 0 Å². The number of carbonyl (C=O) groups is 1. The van der Waals surface area contributed by atoms with E-state index in [1.54, 1.807) is 22.3 Å². The predicted octanol–water partition coefficient (Wildman–Crippen LogP) is 2.44. The summed E-state index contributed by atoms with van der Waals surface area (Å²) in [5, 5.41) is 3.19. The topological polar surface area (TPSA) is 57.7 Å². The SMILES string of the molecule is O=C(Cc1cccs1)N1CCN(S(=O)(=O)/C=C/c2ccccc2)CC1. The lowest BCUT2D eigenvalue weighted by Crippen LogP contribution is -2.50. The summed E-state index contributed by atoms with van der Waals surface area (Å²) in [6.07, 6.45) is 1.99. The highest BCUT2D eigenvalue weighted by Crippen LogP contribution is 2.14. The van der Waals surface area contributed by atoms with Gasteiger partial charge in [-0.15, -0.1) is 11.3 Å². The van der Waals surface area contributed by atoms with E-state index in [1.807, 2.05) is 47.8 Å². The molecule has 2 heterocycles. The van der Waals surface area contributed by atoms with Gasteiger partial charge in [0.1, 0.15) is 0 Å². The van der Waals surface area contributed by atoms with Crippen LogP contribution in [0.4, 0.5) is 0 Å². The van der Waals surface area contributed by atoms with Crippen LogP contribution in [0, 0.1) is 0 Å². The van der Waals surface area contributed by atoms with Gasteiger partial charge < -0.3 is 4.90 Å². The van der Waals surface area contributed by atoms with Crippen LogP contribution in [0.1, 0.15) is 10.4 Å². The standard InChI is InChI=1S/C18H20N2O3S2/c21-18(15-17-7-4-13-24-17)19-9-11-20(12-10-19)25(22,23)14-8-16-5-2-1-3-6-16/h1-8,13-14H,9-12,15H2/b14-8+. The Morgan fingerprint density at radius 1 is 1.04 bits per heavy atom. The summed E-state index contributed by atoms with van der Waals surface area (Å²) in [6, 6.07) is 13.2. The van der Waals surface area contributed by atoms with E-state index < -0.39 is 10.0 Å². The van der Waals surface area contributed by atoms with E-state index in [-0.39, 0.29) is 5.91 Å². The van der Waals surface area contributed by atoms with Crippen molar-refractivity contribution in [3.05, 3.63) is 63.7 Å². The molecule has 1 aromatic heterocycles. The van der Waals surface area contributed by atoms with E-state index in [1.165, 1.54) is 9.71 Å². The fourth-order valence-corrected chi connectivity index (χ4v) is 4.55. The minimum atomic E-state index is -3.46. The maximum Gasteiger partial charge on any atom is 0.236 e. The minimum absolute atomic E-state index is 0.0549. The number of amides is 1. The lowest BCUT2D eigenvalue weighted by atomic mass is 10.2. The molecule has 0 N–H and O–H groups in total. The van der Waals surface area contributed by atoms with Gasteiger partial charge in [0.2, 0.25) is 15.9 Å². The summed E-state index contributed by atoms with van der Waals surface area (Å²) in [5.41, 5.74) is 0.843. The van der Waals surface area contributed by atoms with Crippen LogP contribution < -0.4 is 0 Å². The van der Waals surface area contributed by atoms with Crippen molar-refractivity contribution in [1.29, 1.82) is 0 Å². The fourth-order valence-electron chi connectivity index (χ4n) is 2.68. The maximum atomic E-state index is 12.4. The van der Waals surface area contributed by atoms with Crippen molar-refractivity contribution in [2.45, 2.75) is 6.42 Å². The Morgan fingerprint density at radius 3 is 2.40 bits per heavy atom. The van der Waals surface area contributed by atoms with Crippen molar-refractivity contribution < 1.29 is 13.2 Å². The number of thiophene rings is 1. The Morgan fingerprint density at radius 2 is 1.76 bits per heavy atom. The maximum absolute atomic E-state index is 12.4. The average molecular weight is 377 g/mol. The number of hydrogen-bond donors (Lipinski definition) is 0. The molecule has 1 aliphatic rings. The molecular weight excluding hydrogens is 356 g/mol. The van der Waals surface area contributed by atoms with Gasteiger partial charge in [-0.05, 0) is 23.1 Å². The van der Waals surface area contributed by atoms with Gasteiger partial charge in [0.05, 0.1) is 6.42 Å². The van der Waals surface area contributed by atoms with Crippen molar-refractivity contribution in [2.24, 2.45) is 0 Å². The Hall–Kier alpha value is -1.96. The predicted molar refractivity (Wildman–Crippen MR) is 101 cm³/mol. The van der Waals surface area contributed by atoms with Crippen LogP contribution in [0.3, 0.4) is 0 Å². The zero-order chi connectivity index (χ0) is 17.7. The first-order chi connectivity index (χ1) is 12.0. The molecule has 1 saturated heterocycles. The quantitative estimate of drug-likeness (QED) is 0.805. The minimum Gasteiger partial charge on any atom is -0.340 e. The Kier molecular flexibility index (Phi) is 5.67. The Labute approximate surface area is 152 Å². The number of sulfonamides is 1. The Balaban J connectivity index is 1.56. The molecule has 0 aliphatic carbocycles. The highest BCUT2D eigenvalue weighted by atomic mass is 32.2. The van der Waals surface area contributed by atoms with Crippen molar-refractivity contribution in [2.75, 3.05) is 26.2 Å². The van der Waals surface area contributed by atoms with Crippen LogP contribution in [-0.4, -0.2) is 49.7 Å². The van der Waals surface area contributed by atoms with Crippen molar-refractivity contribution in [3.63, 3.8) is 0 Å². The highest BCUT2D eigenvalue weighted by Gasteiger charge is 2.27. The molecule has 1 amide bonds. The van der Waals surface area contributed by atoms with Crippen LogP contribution in [0.15, 0.2) is 53.3 Å². The van der Waals surface area contributed by atoms with E-state index in [9.17, 15) is 13.2 Å². The molecule has 0 spiro atoms. The number of hydrogen-bond acceptors (Lipinski definition) is 4. The van der Waals surface area contributed by atoms with Gasteiger partial charge in [0, 0.05) is 36.5 Å². The van der Waals surface area contributed by atoms with Gasteiger partial charge in [-0.25, -0.2) is 8.42 Å². The summed E-state index contributed by atoms with van der Waals surface area (Å²) < 4.78 is 26.3. The largest absolute Gasteiger partial charge is 0.340 e. The summed E-state index contributed by atoms with van der Waals surface area (Å²) in [4.78, 5) is 15.1. The van der Waals surface area contributed by atoms with Crippen LogP contribution in [-0.2, 0) is 21.2 Å². The molecule has 2 aromatic rings. The molecule has 0 atom stereocenters. The molecule has 25 heavy (non-hydrogen) atoms. The van der Waals surface area contributed by atoms with Crippen LogP contribution >= 0.6 is 11.3 Å². The highest BCUT2D eigenvalue weighted by molar-refractivity contribution is 7.92. The third-order valence-electron chi connectivity index (χ3n) is 4.09. The monoisotopic (exact) mass is 376 g/mol. The van der Waals surface area contributed by atoms with Crippen LogP contribution in [0.5, 0.6) is 0 Å². The zero-order valence-electron chi connectivity index (χ0n) is 13.7. The van der Waals surface area contributed by atoms with Crippen molar-refractivity contribution in [3.8, 4) is 0 Å². The lowest BCUT2D eigenvalue weighted by molar-refractivity contribution is -0.131. The first kappa shape index (κ1) is 17.8. The molecule has 0 unspecified atom stereocenters. The summed E-state index contributed by atoms with van der Waals surface area (Å²) in [7, 11) is -3.46. The van der Waals surface area contributed by atoms with Crippen molar-refractivity contribution >= 4 is 33.3 Å². The summed E-state index contributed by atoms with van der Waals surface area (Å²) in [6.45, 7) is 1.53. The van der Waals surface area contributed by atoms with Gasteiger partial charge in [-0.3, -0.25) is 4.79 Å². The summed E-state index contributed by atoms with van der Waals surface area (Å²) >= 11 is 1.56. The molecular formula is C18H20N2O3S2. The van der Waals surface area contributed by atoms with E-state index in [0.29, 0.717) is 32.6 Å². The van der Waals surface area contributed by atoms with Gasteiger partial charge >= 0.3 is 0 Å². The summed E-state index contributed by atoms with van der Waals surface area (Å²) in [5.74, 6) is 0.0549. The molecule has 1 aromatic carbocycles. The molecule has 0 saturated carbocycles. The van der Waals surface area contributed by atoms with E-state index in [4.69, 9.17) is 0 Å². The second-order valence-corrected chi connectivity index (χ2v) is 8.65. The lowest BCUT2D eigenvalue weighted by Gasteiger charge is -2.33. The van der Waals surface area contributed by atoms with E-state index in [2.05, 4.69) is 0 Å². The van der Waals surface area contributed by atoms with E-state index in [0.717, 1.165) is 10.4 Å². The average Bonchev–Trinajstić information content (AvgIpc) is 3.14. The third-order valence-corrected chi connectivity index (χ3v) is 6.53. The normalized spacial score (nSPS) is 16.4. The van der Waals surface area contributed by atoms with Gasteiger partial charge in [-0.1, -0.05) is 36.4 Å². The molecule has 132 valence electrons. The van der Waals surface area contributed by atoms with Gasteiger partial charge in [0.15, 0.2) is 0 Å². The van der Waals surface area contributed by atoms with Crippen LogP contribution in [0.25, 0.3) is 6.08 Å². The number of benzene rings is 1. The van der Waals surface area contributed by atoms with Gasteiger partial charge in [-0.2, -0.15) is 4.31 Å². The van der Waals surface area contributed by atoms with Crippen molar-refractivity contribution in [1.82, 2.24) is 9.21 Å². The number of piperazine rings is 1. The van der Waals surface area contributed by atoms with Crippen LogP contribution in [0.2, 0.25) is 0 Å². The first-order valence-electron chi connectivity index (χ1n) is 8.08. The molecule has 0 radical (unpaired) electrons. The Bertz CT molecular complexity index is 822. The molecule has 7 heteroatoms. The molecule has 1 aliphatic heterocycles. The third kappa shape index (κ3) is 4.78. The number of nitrogens with zero attached hydrogens (tertiary/aromatic N) is 2. The molecule has 5 nitrogen and oxygen atoms in total. The molecule has 3 rings (SSSR count). The zero-order valence-corrected chi connectivity index (χ0v) is 15.4. The first-order valence-corrected chi connectivity index (χ1v) is 10.5. The fraction of sp³-hybridized carbons (Fsp3) is 0.278. The number of carbonyl (C=O) groups excluding carboxylic acids is 1. The number of rotatable bonds is 5. The molecule has 0 bridgehead atoms. The van der Waals surface area contributed by atoms with Gasteiger partial charge in [0.25, 0.3) is 0 Å². The smallest absolute Gasteiger partial charge is 0.236 e. The second-order valence-electron chi connectivity index (χ2n) is 5.79.